The number of anilines is 2. The lowest BCUT2D eigenvalue weighted by atomic mass is 10.1. The van der Waals surface area contributed by atoms with Gasteiger partial charge in [-0.2, -0.15) is 0 Å². The van der Waals surface area contributed by atoms with Gasteiger partial charge < -0.3 is 16.0 Å². The Morgan fingerprint density at radius 1 is 0.827 bits per heavy atom. The molecule has 0 saturated carbocycles. The number of aromatic nitrogens is 1. The first-order chi connectivity index (χ1) is 25.2. The van der Waals surface area contributed by atoms with E-state index in [9.17, 15) is 24.5 Å². The lowest BCUT2D eigenvalue weighted by Crippen LogP contribution is -2.30. The summed E-state index contributed by atoms with van der Waals surface area (Å²) in [5.74, 6) is -1.30. The number of hydrogen-bond acceptors (Lipinski definition) is 8. The molecule has 1 unspecified atom stereocenters. The summed E-state index contributed by atoms with van der Waals surface area (Å²) in [4.78, 5) is 56.5. The molecule has 3 amide bonds. The van der Waals surface area contributed by atoms with Crippen LogP contribution >= 0.6 is 39.0 Å². The van der Waals surface area contributed by atoms with Crippen LogP contribution in [0.2, 0.25) is 0 Å². The predicted molar refractivity (Wildman–Crippen MR) is 209 cm³/mol. The van der Waals surface area contributed by atoms with E-state index in [1.807, 2.05) is 60.7 Å². The maximum atomic E-state index is 13.8. The Morgan fingerprint density at radius 3 is 2.31 bits per heavy atom. The third-order valence-electron chi connectivity index (χ3n) is 7.46. The molecule has 0 aliphatic heterocycles. The molecular formula is C39H28BrN5O5S2. The van der Waals surface area contributed by atoms with E-state index in [-0.39, 0.29) is 17.3 Å². The number of nitrogens with one attached hydrogen (secondary N) is 3. The molecule has 258 valence electrons. The highest BCUT2D eigenvalue weighted by Gasteiger charge is 2.24. The lowest BCUT2D eigenvalue weighted by Gasteiger charge is -2.17. The fraction of sp³-hybridized carbons (Fsp3) is 0.0256. The Hall–Kier alpha value is -5.89. The monoisotopic (exact) mass is 789 g/mol. The minimum Gasteiger partial charge on any atom is -0.321 e. The van der Waals surface area contributed by atoms with Crippen LogP contribution in [-0.4, -0.2) is 27.6 Å². The van der Waals surface area contributed by atoms with Crippen LogP contribution in [0.4, 0.5) is 16.5 Å². The second-order valence-corrected chi connectivity index (χ2v) is 14.1. The van der Waals surface area contributed by atoms with Gasteiger partial charge in [-0.3, -0.25) is 24.5 Å². The van der Waals surface area contributed by atoms with Crippen molar-refractivity contribution in [3.63, 3.8) is 0 Å². The third kappa shape index (κ3) is 9.46. The number of nitro groups is 1. The standard InChI is InChI=1S/C39H28BrN5O5S2/c40-29-16-7-10-25(20-29)21-33(42-36(46)27-13-5-2-6-14-27)37(47)41-30-17-9-19-32(23-30)52-35(26-11-3-1-4-12-26)38(48)44-39-43-34(24-51-39)28-15-8-18-31(22-28)45(49)50/h1-24,35H,(H,41,47)(H,42,46)(H,43,44,48)/b33-21+. The first kappa shape index (κ1) is 35.9. The molecule has 0 bridgehead atoms. The Bertz CT molecular complexity index is 2280. The number of nitro benzene ring substituents is 1. The molecule has 52 heavy (non-hydrogen) atoms. The third-order valence-corrected chi connectivity index (χ3v) is 9.96. The molecule has 0 radical (unpaired) electrons. The summed E-state index contributed by atoms with van der Waals surface area (Å²) < 4.78 is 0.815. The molecule has 13 heteroatoms. The molecule has 1 heterocycles. The highest BCUT2D eigenvalue weighted by molar-refractivity contribution is 9.10. The smallest absolute Gasteiger partial charge is 0.272 e. The van der Waals surface area contributed by atoms with E-state index >= 15 is 0 Å². The van der Waals surface area contributed by atoms with Gasteiger partial charge in [0.1, 0.15) is 10.9 Å². The van der Waals surface area contributed by atoms with Crippen LogP contribution < -0.4 is 16.0 Å². The van der Waals surface area contributed by atoms with Gasteiger partial charge in [-0.15, -0.1) is 23.1 Å². The normalized spacial score (nSPS) is 11.7. The number of carbonyl (C=O) groups is 3. The summed E-state index contributed by atoms with van der Waals surface area (Å²) in [6, 6.07) is 38.4. The van der Waals surface area contributed by atoms with E-state index in [4.69, 9.17) is 0 Å². The van der Waals surface area contributed by atoms with Gasteiger partial charge in [0.2, 0.25) is 5.91 Å². The number of carbonyl (C=O) groups excluding carboxylic acids is 3. The zero-order valence-corrected chi connectivity index (χ0v) is 30.3. The van der Waals surface area contributed by atoms with E-state index < -0.39 is 22.0 Å². The molecule has 5 aromatic carbocycles. The van der Waals surface area contributed by atoms with Crippen molar-refractivity contribution in [2.45, 2.75) is 10.1 Å². The van der Waals surface area contributed by atoms with Gasteiger partial charge in [-0.25, -0.2) is 4.98 Å². The summed E-state index contributed by atoms with van der Waals surface area (Å²) >= 11 is 5.95. The molecule has 1 atom stereocenters. The van der Waals surface area contributed by atoms with E-state index in [1.54, 1.807) is 72.1 Å². The number of amides is 3. The number of thioether (sulfide) groups is 1. The van der Waals surface area contributed by atoms with E-state index in [1.165, 1.54) is 35.2 Å². The average molecular weight is 791 g/mol. The van der Waals surface area contributed by atoms with Crippen molar-refractivity contribution in [2.24, 2.45) is 0 Å². The Kier molecular flexibility index (Phi) is 11.7. The van der Waals surface area contributed by atoms with Gasteiger partial charge in [0.15, 0.2) is 5.13 Å². The van der Waals surface area contributed by atoms with Gasteiger partial charge in [0.05, 0.1) is 10.6 Å². The first-order valence-electron chi connectivity index (χ1n) is 15.7. The number of non-ortho nitro benzene ring substituents is 1. The number of rotatable bonds is 12. The van der Waals surface area contributed by atoms with Crippen LogP contribution in [0.5, 0.6) is 0 Å². The van der Waals surface area contributed by atoms with Crippen molar-refractivity contribution in [3.05, 3.63) is 176 Å². The average Bonchev–Trinajstić information content (AvgIpc) is 3.63. The highest BCUT2D eigenvalue weighted by atomic mass is 79.9. The number of thiazole rings is 1. The zero-order valence-electron chi connectivity index (χ0n) is 27.1. The van der Waals surface area contributed by atoms with Gasteiger partial charge in [-0.1, -0.05) is 94.8 Å². The summed E-state index contributed by atoms with van der Waals surface area (Å²) in [5, 5.41) is 21.2. The van der Waals surface area contributed by atoms with Crippen LogP contribution in [0.3, 0.4) is 0 Å². The van der Waals surface area contributed by atoms with Crippen molar-refractivity contribution in [2.75, 3.05) is 10.6 Å². The lowest BCUT2D eigenvalue weighted by molar-refractivity contribution is -0.384. The Morgan fingerprint density at radius 2 is 1.56 bits per heavy atom. The maximum Gasteiger partial charge on any atom is 0.272 e. The van der Waals surface area contributed by atoms with Gasteiger partial charge in [0, 0.05) is 43.7 Å². The summed E-state index contributed by atoms with van der Waals surface area (Å²) in [6.07, 6.45) is 1.60. The van der Waals surface area contributed by atoms with E-state index in [2.05, 4.69) is 36.9 Å². The van der Waals surface area contributed by atoms with Gasteiger partial charge >= 0.3 is 0 Å². The topological polar surface area (TPSA) is 143 Å². The predicted octanol–water partition coefficient (Wildman–Crippen LogP) is 9.36. The number of hydrogen-bond donors (Lipinski definition) is 3. The Labute approximate surface area is 315 Å². The summed E-state index contributed by atoms with van der Waals surface area (Å²) in [5.41, 5.74) is 3.36. The molecule has 10 nitrogen and oxygen atoms in total. The molecule has 0 aliphatic rings. The van der Waals surface area contributed by atoms with Crippen LogP contribution in [0.15, 0.2) is 154 Å². The molecule has 6 rings (SSSR count). The Balaban J connectivity index is 1.21. The van der Waals surface area contributed by atoms with E-state index in [0.29, 0.717) is 38.1 Å². The van der Waals surface area contributed by atoms with Crippen LogP contribution in [0.25, 0.3) is 17.3 Å². The maximum absolute atomic E-state index is 13.8. The number of halogens is 1. The minimum atomic E-state index is -0.700. The zero-order chi connectivity index (χ0) is 36.5. The van der Waals surface area contributed by atoms with Crippen LogP contribution in [-0.2, 0) is 9.59 Å². The van der Waals surface area contributed by atoms with Crippen LogP contribution in [0.1, 0.15) is 26.7 Å². The fourth-order valence-electron chi connectivity index (χ4n) is 5.00. The van der Waals surface area contributed by atoms with Crippen molar-refractivity contribution in [1.82, 2.24) is 10.3 Å². The molecule has 0 spiro atoms. The largest absolute Gasteiger partial charge is 0.321 e. The van der Waals surface area contributed by atoms with E-state index in [0.717, 1.165) is 10.0 Å². The second kappa shape index (κ2) is 16.9. The number of nitrogens with zero attached hydrogens (tertiary/aromatic N) is 2. The van der Waals surface area contributed by atoms with Crippen molar-refractivity contribution >= 4 is 79.3 Å². The van der Waals surface area contributed by atoms with Gasteiger partial charge in [0.25, 0.3) is 17.5 Å². The highest BCUT2D eigenvalue weighted by Crippen LogP contribution is 2.38. The second-order valence-electron chi connectivity index (χ2n) is 11.2. The molecule has 1 aromatic heterocycles. The summed E-state index contributed by atoms with van der Waals surface area (Å²) in [6.45, 7) is 0. The quantitative estimate of drug-likeness (QED) is 0.0485. The molecule has 0 fully saturated rings. The molecule has 0 aliphatic carbocycles. The van der Waals surface area contributed by atoms with Crippen molar-refractivity contribution < 1.29 is 19.3 Å². The molecule has 6 aromatic rings. The number of benzene rings is 5. The van der Waals surface area contributed by atoms with Crippen molar-refractivity contribution in [1.29, 1.82) is 0 Å². The molecular weight excluding hydrogens is 762 g/mol. The summed E-state index contributed by atoms with van der Waals surface area (Å²) in [7, 11) is 0. The molecule has 0 saturated heterocycles. The molecule has 3 N–H and O–H groups in total. The fourth-order valence-corrected chi connectivity index (χ4v) is 7.22. The van der Waals surface area contributed by atoms with Crippen LogP contribution in [0, 0.1) is 10.1 Å². The van der Waals surface area contributed by atoms with Crippen molar-refractivity contribution in [3.8, 4) is 11.3 Å². The van der Waals surface area contributed by atoms with Gasteiger partial charge in [-0.05, 0) is 59.7 Å². The minimum absolute atomic E-state index is 0.0412. The first-order valence-corrected chi connectivity index (χ1v) is 18.2. The SMILES string of the molecule is O=C(Nc1cccc(SC(C(=O)Nc2nc(-c3cccc([N+](=O)[O-])c3)cs2)c2ccccc2)c1)/C(=C\c1cccc(Br)c1)NC(=O)c1ccccc1.